The summed E-state index contributed by atoms with van der Waals surface area (Å²) in [4.78, 5) is 4.36. The summed E-state index contributed by atoms with van der Waals surface area (Å²) >= 11 is 0. The molecule has 1 heterocycles. The van der Waals surface area contributed by atoms with E-state index < -0.39 is 16.3 Å². The monoisotopic (exact) mass is 517 g/mol. The summed E-state index contributed by atoms with van der Waals surface area (Å²) in [5.74, 6) is 0.941. The minimum atomic E-state index is -3.99. The van der Waals surface area contributed by atoms with Crippen molar-refractivity contribution in [3.05, 3.63) is 66.1 Å². The Labute approximate surface area is 211 Å². The number of hydrogen-bond acceptors (Lipinski definition) is 9. The Balaban J connectivity index is 2.00. The fraction of sp³-hybridized carbons (Fsp3) is 0.320. The van der Waals surface area contributed by atoms with Crippen molar-refractivity contribution in [3.8, 4) is 5.75 Å². The van der Waals surface area contributed by atoms with Crippen molar-refractivity contribution < 1.29 is 32.8 Å². The van der Waals surface area contributed by atoms with Crippen molar-refractivity contribution in [3.63, 3.8) is 0 Å². The van der Waals surface area contributed by atoms with E-state index in [1.807, 2.05) is 0 Å². The Morgan fingerprint density at radius 2 is 1.89 bits per heavy atom. The van der Waals surface area contributed by atoms with Crippen LogP contribution in [-0.2, 0) is 19.5 Å². The fourth-order valence-corrected chi connectivity index (χ4v) is 4.98. The lowest BCUT2D eigenvalue weighted by molar-refractivity contribution is -0.0438. The number of aliphatic hydroxyl groups excluding tert-OH is 1. The number of hydrogen-bond donors (Lipinski definition) is 3. The first kappa shape index (κ1) is 27.1. The Kier molecular flexibility index (Phi) is 8.62. The van der Waals surface area contributed by atoms with Gasteiger partial charge in [0.1, 0.15) is 5.75 Å². The molecule has 0 bridgehead atoms. The lowest BCUT2D eigenvalue weighted by Crippen LogP contribution is -2.30. The third-order valence-electron chi connectivity index (χ3n) is 5.74. The molecule has 10 nitrogen and oxygen atoms in total. The second kappa shape index (κ2) is 11.5. The molecule has 3 N–H and O–H groups in total. The Morgan fingerprint density at radius 3 is 2.53 bits per heavy atom. The summed E-state index contributed by atoms with van der Waals surface area (Å²) < 4.78 is 44.4. The molecule has 0 spiro atoms. The van der Waals surface area contributed by atoms with Crippen LogP contribution in [0.15, 0.2) is 64.8 Å². The molecule has 0 unspecified atom stereocenters. The minimum Gasteiger partial charge on any atom is -0.497 e. The molecule has 0 atom stereocenters. The van der Waals surface area contributed by atoms with Crippen LogP contribution < -0.4 is 14.4 Å². The van der Waals surface area contributed by atoms with Crippen molar-refractivity contribution in [2.24, 2.45) is 4.99 Å². The maximum absolute atomic E-state index is 13.7. The van der Waals surface area contributed by atoms with E-state index in [0.29, 0.717) is 45.6 Å². The topological polar surface area (TPSA) is 130 Å². The van der Waals surface area contributed by atoms with E-state index in [2.05, 4.69) is 16.9 Å². The maximum atomic E-state index is 13.7. The number of benzene rings is 2. The number of ether oxygens (including phenoxy) is 3. The van der Waals surface area contributed by atoms with Crippen LogP contribution in [0.3, 0.4) is 0 Å². The van der Waals surface area contributed by atoms with E-state index in [1.54, 1.807) is 36.4 Å². The normalized spacial score (nSPS) is 13.7. The van der Waals surface area contributed by atoms with Crippen LogP contribution in [-0.4, -0.2) is 65.9 Å². The summed E-state index contributed by atoms with van der Waals surface area (Å²) in [6, 6.07) is 11.8. The molecule has 194 valence electrons. The number of aliphatic hydroxyl groups is 2. The van der Waals surface area contributed by atoms with E-state index in [0.717, 1.165) is 0 Å². The molecule has 0 aliphatic carbocycles. The van der Waals surface area contributed by atoms with Crippen molar-refractivity contribution in [1.29, 1.82) is 0 Å². The number of anilines is 1. The van der Waals surface area contributed by atoms with E-state index in [1.165, 1.54) is 38.7 Å². The molecule has 0 amide bonds. The maximum Gasteiger partial charge on any atom is 0.291 e. The molecule has 0 saturated carbocycles. The van der Waals surface area contributed by atoms with Gasteiger partial charge in [0.25, 0.3) is 16.0 Å². The van der Waals surface area contributed by atoms with Gasteiger partial charge in [0.15, 0.2) is 12.2 Å². The Bertz CT molecular complexity index is 1290. The van der Waals surface area contributed by atoms with Crippen molar-refractivity contribution >= 4 is 32.9 Å². The van der Waals surface area contributed by atoms with Gasteiger partial charge in [-0.05, 0) is 47.9 Å². The van der Waals surface area contributed by atoms with Gasteiger partial charge in [-0.2, -0.15) is 0 Å². The number of rotatable bonds is 10. The zero-order valence-electron chi connectivity index (χ0n) is 20.7. The first-order valence-electron chi connectivity index (χ1n) is 11.1. The highest BCUT2D eigenvalue weighted by molar-refractivity contribution is 7.92. The van der Waals surface area contributed by atoms with Crippen LogP contribution >= 0.6 is 0 Å². The van der Waals surface area contributed by atoms with Crippen LogP contribution in [0.1, 0.15) is 24.0 Å². The van der Waals surface area contributed by atoms with Gasteiger partial charge >= 0.3 is 0 Å². The summed E-state index contributed by atoms with van der Waals surface area (Å²) in [6.07, 6.45) is -1.18. The smallest absolute Gasteiger partial charge is 0.291 e. The van der Waals surface area contributed by atoms with E-state index in [-0.39, 0.29) is 24.3 Å². The van der Waals surface area contributed by atoms with Crippen molar-refractivity contribution in [1.82, 2.24) is 5.32 Å². The van der Waals surface area contributed by atoms with Gasteiger partial charge in [-0.25, -0.2) is 13.4 Å². The van der Waals surface area contributed by atoms with Crippen LogP contribution in [0.2, 0.25) is 0 Å². The van der Waals surface area contributed by atoms with Crippen LogP contribution in [0.5, 0.6) is 5.75 Å². The third kappa shape index (κ3) is 5.81. The summed E-state index contributed by atoms with van der Waals surface area (Å²) in [7, 11) is 1.96. The number of nitrogens with one attached hydrogen (secondary N) is 1. The van der Waals surface area contributed by atoms with Gasteiger partial charge in [-0.1, -0.05) is 18.7 Å². The molecule has 0 aromatic heterocycles. The Morgan fingerprint density at radius 1 is 1.14 bits per heavy atom. The van der Waals surface area contributed by atoms with E-state index in [4.69, 9.17) is 14.2 Å². The summed E-state index contributed by atoms with van der Waals surface area (Å²) in [5.41, 5.74) is 2.76. The second-order valence-electron chi connectivity index (χ2n) is 7.97. The van der Waals surface area contributed by atoms with Crippen LogP contribution in [0.4, 0.5) is 5.69 Å². The van der Waals surface area contributed by atoms with Gasteiger partial charge in [-0.15, -0.1) is 0 Å². The zero-order chi connectivity index (χ0) is 26.5. The Hall–Kier alpha value is -3.54. The number of sulfonamides is 1. The van der Waals surface area contributed by atoms with E-state index >= 15 is 0 Å². The number of nitrogens with zero attached hydrogens (tertiary/aromatic N) is 2. The summed E-state index contributed by atoms with van der Waals surface area (Å²) in [5, 5.41) is 21.4. The quantitative estimate of drug-likeness (QED) is 0.410. The van der Waals surface area contributed by atoms with Gasteiger partial charge in [0.05, 0.1) is 38.5 Å². The highest BCUT2D eigenvalue weighted by atomic mass is 32.2. The zero-order valence-corrected chi connectivity index (χ0v) is 21.5. The first-order valence-corrected chi connectivity index (χ1v) is 12.5. The lowest BCUT2D eigenvalue weighted by atomic mass is 10.0. The molecule has 3 rings (SSSR count). The predicted octanol–water partition coefficient (Wildman–Crippen LogP) is 2.55. The number of allylic oxidation sites excluding steroid dienone is 1. The molecule has 2 aromatic carbocycles. The largest absolute Gasteiger partial charge is 0.497 e. The average Bonchev–Trinajstić information content (AvgIpc) is 2.90. The molecule has 0 radical (unpaired) electrons. The highest BCUT2D eigenvalue weighted by Crippen LogP contribution is 2.35. The standard InChI is InChI=1S/C25H31N3O7S/c1-16(9-12-23(29)30)20-14-18(33-3)10-11-22(20)28(2)36(31,32)19-8-6-7-17(13-19)21-15-26-25(35-5)27-24(21)34-4/h6-8,10-11,13-14,23,29-30H,1,9,12,15H2,2-5H3,(H,26,27). The van der Waals surface area contributed by atoms with Crippen molar-refractivity contribution in [2.45, 2.75) is 24.0 Å². The molecule has 0 fully saturated rings. The highest BCUT2D eigenvalue weighted by Gasteiger charge is 2.26. The minimum absolute atomic E-state index is 0.0617. The fourth-order valence-electron chi connectivity index (χ4n) is 3.72. The SMILES string of the molecule is C=C(CCC(O)O)c1cc(OC)ccc1N(C)S(=O)(=O)c1cccc(C2=C(OC)NC(OC)=NC2)c1. The van der Waals surface area contributed by atoms with Crippen molar-refractivity contribution in [2.75, 3.05) is 39.2 Å². The lowest BCUT2D eigenvalue weighted by Gasteiger charge is -2.24. The number of amidine groups is 1. The number of methoxy groups -OCH3 is 3. The molecule has 0 saturated heterocycles. The van der Waals surface area contributed by atoms with Crippen LogP contribution in [0, 0.1) is 0 Å². The molecule has 2 aromatic rings. The number of aliphatic imine (C=N–C) groups is 1. The van der Waals surface area contributed by atoms with Gasteiger partial charge < -0.3 is 24.4 Å². The first-order chi connectivity index (χ1) is 17.1. The second-order valence-corrected chi connectivity index (χ2v) is 9.94. The van der Waals surface area contributed by atoms with Gasteiger partial charge in [0, 0.05) is 24.6 Å². The van der Waals surface area contributed by atoms with Gasteiger partial charge in [0.2, 0.25) is 0 Å². The molecular formula is C25H31N3O7S. The van der Waals surface area contributed by atoms with E-state index in [9.17, 15) is 18.6 Å². The molecule has 1 aliphatic heterocycles. The van der Waals surface area contributed by atoms with Crippen LogP contribution in [0.25, 0.3) is 11.1 Å². The average molecular weight is 518 g/mol. The molecule has 1 aliphatic rings. The molecule has 36 heavy (non-hydrogen) atoms. The molecule has 11 heteroatoms. The summed E-state index contributed by atoms with van der Waals surface area (Å²) in [6.45, 7) is 4.28. The molecular weight excluding hydrogens is 486 g/mol. The predicted molar refractivity (Wildman–Crippen MR) is 138 cm³/mol. The third-order valence-corrected chi connectivity index (χ3v) is 7.51. The van der Waals surface area contributed by atoms with Gasteiger partial charge in [-0.3, -0.25) is 9.62 Å².